The lowest BCUT2D eigenvalue weighted by atomic mass is 10.2. The Balaban J connectivity index is 1.40. The molecule has 0 bridgehead atoms. The number of nitrogens with one attached hydrogen (secondary N) is 1. The number of carbonyl (C=O) groups excluding carboxylic acids is 1. The topological polar surface area (TPSA) is 73.6 Å². The number of amides is 1. The van der Waals surface area contributed by atoms with E-state index in [-0.39, 0.29) is 5.91 Å². The molecule has 24 heavy (non-hydrogen) atoms. The molecule has 5 nitrogen and oxygen atoms in total. The molecule has 1 aliphatic carbocycles. The highest BCUT2D eigenvalue weighted by atomic mass is 16.5. The van der Waals surface area contributed by atoms with Crippen molar-refractivity contribution in [2.45, 2.75) is 25.0 Å². The van der Waals surface area contributed by atoms with Gasteiger partial charge in [0.2, 0.25) is 5.91 Å². The van der Waals surface area contributed by atoms with Gasteiger partial charge in [0.15, 0.2) is 0 Å². The highest BCUT2D eigenvalue weighted by Gasteiger charge is 2.45. The van der Waals surface area contributed by atoms with Crippen LogP contribution in [0.15, 0.2) is 54.6 Å². The Labute approximate surface area is 141 Å². The van der Waals surface area contributed by atoms with Crippen LogP contribution < -0.4 is 15.8 Å². The summed E-state index contributed by atoms with van der Waals surface area (Å²) in [6.07, 6.45) is 1.51. The summed E-state index contributed by atoms with van der Waals surface area (Å²) in [5, 5.41) is 2.86. The molecule has 1 saturated carbocycles. The van der Waals surface area contributed by atoms with Gasteiger partial charge in [0, 0.05) is 5.69 Å². The average molecular weight is 326 g/mol. The maximum atomic E-state index is 12.0. The Morgan fingerprint density at radius 3 is 2.62 bits per heavy atom. The second-order valence-corrected chi connectivity index (χ2v) is 6.02. The fourth-order valence-corrected chi connectivity index (χ4v) is 2.28. The van der Waals surface area contributed by atoms with Crippen molar-refractivity contribution in [1.29, 1.82) is 0 Å². The van der Waals surface area contributed by atoms with Crippen molar-refractivity contribution in [2.75, 3.05) is 18.5 Å². The quantitative estimate of drug-likeness (QED) is 0.732. The third-order valence-corrected chi connectivity index (χ3v) is 3.93. The van der Waals surface area contributed by atoms with Crippen LogP contribution in [0.25, 0.3) is 0 Å². The highest BCUT2D eigenvalue weighted by molar-refractivity contribution is 6.00. The van der Waals surface area contributed by atoms with Crippen molar-refractivity contribution in [3.05, 3.63) is 60.2 Å². The van der Waals surface area contributed by atoms with E-state index in [4.69, 9.17) is 15.2 Å². The monoisotopic (exact) mass is 326 g/mol. The van der Waals surface area contributed by atoms with Crippen LogP contribution in [-0.2, 0) is 16.1 Å². The van der Waals surface area contributed by atoms with E-state index >= 15 is 0 Å². The van der Waals surface area contributed by atoms with Gasteiger partial charge in [0.25, 0.3) is 0 Å². The number of hydrogen-bond acceptors (Lipinski definition) is 4. The van der Waals surface area contributed by atoms with E-state index in [1.165, 1.54) is 0 Å². The number of rotatable bonds is 8. The molecule has 1 fully saturated rings. The number of nitrogens with two attached hydrogens (primary N) is 1. The summed E-state index contributed by atoms with van der Waals surface area (Å²) >= 11 is 0. The zero-order valence-corrected chi connectivity index (χ0v) is 13.5. The van der Waals surface area contributed by atoms with Crippen LogP contribution in [0.1, 0.15) is 18.4 Å². The van der Waals surface area contributed by atoms with Crippen LogP contribution in [0.5, 0.6) is 5.75 Å². The normalized spacial score (nSPS) is 14.9. The molecule has 0 saturated heterocycles. The lowest BCUT2D eigenvalue weighted by molar-refractivity contribution is -0.118. The van der Waals surface area contributed by atoms with Crippen LogP contribution >= 0.6 is 0 Å². The molecule has 1 amide bonds. The zero-order chi connectivity index (χ0) is 16.8. The van der Waals surface area contributed by atoms with Crippen molar-refractivity contribution in [3.8, 4) is 5.75 Å². The summed E-state index contributed by atoms with van der Waals surface area (Å²) in [5.41, 5.74) is 6.96. The molecule has 1 aliphatic rings. The zero-order valence-electron chi connectivity index (χ0n) is 13.5. The van der Waals surface area contributed by atoms with E-state index in [1.54, 1.807) is 0 Å². The summed E-state index contributed by atoms with van der Waals surface area (Å²) < 4.78 is 11.2. The largest absolute Gasteiger partial charge is 0.491 e. The minimum absolute atomic E-state index is 0.114. The van der Waals surface area contributed by atoms with Gasteiger partial charge in [-0.05, 0) is 42.7 Å². The number of benzene rings is 2. The molecule has 126 valence electrons. The summed E-state index contributed by atoms with van der Waals surface area (Å²) in [4.78, 5) is 12.0. The molecule has 2 aromatic carbocycles. The van der Waals surface area contributed by atoms with Crippen molar-refractivity contribution in [2.24, 2.45) is 5.73 Å². The second-order valence-electron chi connectivity index (χ2n) is 6.02. The fourth-order valence-electron chi connectivity index (χ4n) is 2.28. The Bertz CT molecular complexity index is 684. The number of anilines is 1. The minimum Gasteiger partial charge on any atom is -0.491 e. The van der Waals surface area contributed by atoms with Gasteiger partial charge in [-0.25, -0.2) is 0 Å². The summed E-state index contributed by atoms with van der Waals surface area (Å²) in [6, 6.07) is 17.3. The van der Waals surface area contributed by atoms with E-state index in [0.29, 0.717) is 19.8 Å². The summed E-state index contributed by atoms with van der Waals surface area (Å²) in [6.45, 7) is 1.46. The maximum absolute atomic E-state index is 12.0. The van der Waals surface area contributed by atoms with Crippen LogP contribution in [0.2, 0.25) is 0 Å². The maximum Gasteiger partial charge on any atom is 0.244 e. The lowest BCUT2D eigenvalue weighted by Crippen LogP contribution is -2.37. The van der Waals surface area contributed by atoms with E-state index in [2.05, 4.69) is 5.32 Å². The smallest absolute Gasteiger partial charge is 0.244 e. The van der Waals surface area contributed by atoms with Gasteiger partial charge in [0.1, 0.15) is 12.4 Å². The van der Waals surface area contributed by atoms with Gasteiger partial charge >= 0.3 is 0 Å². The lowest BCUT2D eigenvalue weighted by Gasteiger charge is -2.11. The Kier molecular flexibility index (Phi) is 5.13. The molecule has 2 aromatic rings. The van der Waals surface area contributed by atoms with Crippen LogP contribution in [0.3, 0.4) is 0 Å². The van der Waals surface area contributed by atoms with Gasteiger partial charge in [-0.15, -0.1) is 0 Å². The van der Waals surface area contributed by atoms with E-state index in [0.717, 1.165) is 29.8 Å². The molecule has 0 unspecified atom stereocenters. The molecule has 3 N–H and O–H groups in total. The molecule has 0 spiro atoms. The summed E-state index contributed by atoms with van der Waals surface area (Å²) in [7, 11) is 0. The van der Waals surface area contributed by atoms with Gasteiger partial charge in [-0.2, -0.15) is 0 Å². The number of ether oxygens (including phenoxy) is 2. The van der Waals surface area contributed by atoms with Crippen molar-refractivity contribution in [3.63, 3.8) is 0 Å². The molecule has 0 aromatic heterocycles. The van der Waals surface area contributed by atoms with E-state index in [1.807, 2.05) is 54.6 Å². The standard InChI is InChI=1S/C19H22N2O3/c20-19(9-10-19)18(22)21-16-6-4-5-15(13-16)14-23-11-12-24-17-7-2-1-3-8-17/h1-8,13H,9-12,14,20H2,(H,21,22). The first kappa shape index (κ1) is 16.5. The predicted molar refractivity (Wildman–Crippen MR) is 92.8 cm³/mol. The Morgan fingerprint density at radius 1 is 1.08 bits per heavy atom. The molecule has 0 aliphatic heterocycles. The third-order valence-electron chi connectivity index (χ3n) is 3.93. The fraction of sp³-hybridized carbons (Fsp3) is 0.316. The van der Waals surface area contributed by atoms with Crippen molar-refractivity contribution < 1.29 is 14.3 Å². The van der Waals surface area contributed by atoms with Crippen molar-refractivity contribution >= 4 is 11.6 Å². The summed E-state index contributed by atoms with van der Waals surface area (Å²) in [5.74, 6) is 0.721. The van der Waals surface area contributed by atoms with Gasteiger partial charge < -0.3 is 20.5 Å². The first-order valence-corrected chi connectivity index (χ1v) is 8.11. The van der Waals surface area contributed by atoms with Crippen molar-refractivity contribution in [1.82, 2.24) is 0 Å². The first-order valence-electron chi connectivity index (χ1n) is 8.11. The number of hydrogen-bond donors (Lipinski definition) is 2. The van der Waals surface area contributed by atoms with E-state index < -0.39 is 5.54 Å². The molecule has 0 atom stereocenters. The van der Waals surface area contributed by atoms with Gasteiger partial charge in [-0.3, -0.25) is 4.79 Å². The SMILES string of the molecule is NC1(C(=O)Nc2cccc(COCCOc3ccccc3)c2)CC1. The molecular formula is C19H22N2O3. The predicted octanol–water partition coefficient (Wildman–Crippen LogP) is 2.71. The molecule has 0 radical (unpaired) electrons. The molecule has 5 heteroatoms. The Morgan fingerprint density at radius 2 is 1.88 bits per heavy atom. The third kappa shape index (κ3) is 4.57. The molecule has 3 rings (SSSR count). The number of para-hydroxylation sites is 1. The molecule has 0 heterocycles. The highest BCUT2D eigenvalue weighted by Crippen LogP contribution is 2.33. The van der Waals surface area contributed by atoms with Gasteiger partial charge in [0.05, 0.1) is 18.8 Å². The first-order chi connectivity index (χ1) is 11.7. The minimum atomic E-state index is -0.665. The Hall–Kier alpha value is -2.37. The van der Waals surface area contributed by atoms with Gasteiger partial charge in [-0.1, -0.05) is 30.3 Å². The second kappa shape index (κ2) is 7.47. The van der Waals surface area contributed by atoms with E-state index in [9.17, 15) is 4.79 Å². The van der Waals surface area contributed by atoms with Crippen LogP contribution in [0, 0.1) is 0 Å². The molecular weight excluding hydrogens is 304 g/mol. The van der Waals surface area contributed by atoms with Crippen LogP contribution in [0.4, 0.5) is 5.69 Å². The van der Waals surface area contributed by atoms with Crippen LogP contribution in [-0.4, -0.2) is 24.7 Å². The number of carbonyl (C=O) groups is 1. The average Bonchev–Trinajstić information content (AvgIpc) is 3.35.